The predicted octanol–water partition coefficient (Wildman–Crippen LogP) is 2.25. The van der Waals surface area contributed by atoms with Crippen molar-refractivity contribution in [3.05, 3.63) is 89.1 Å². The molecule has 8 heteroatoms. The molecular weight excluding hydrogens is 368 g/mol. The van der Waals surface area contributed by atoms with E-state index >= 15 is 0 Å². The Morgan fingerprint density at radius 3 is 2.30 bits per heavy atom. The van der Waals surface area contributed by atoms with Gasteiger partial charge in [0.05, 0.1) is 12.0 Å². The number of carbonyl (C=O) groups excluding carboxylic acids is 1. The van der Waals surface area contributed by atoms with Crippen molar-refractivity contribution >= 4 is 22.0 Å². The summed E-state index contributed by atoms with van der Waals surface area (Å²) in [5.41, 5.74) is -0.183. The third kappa shape index (κ3) is 3.75. The first-order valence-electron chi connectivity index (χ1n) is 7.90. The molecule has 1 heterocycles. The third-order valence-corrected chi connectivity index (χ3v) is 5.48. The molecule has 3 rings (SSSR count). The highest BCUT2D eigenvalue weighted by Crippen LogP contribution is 2.17. The van der Waals surface area contributed by atoms with E-state index in [2.05, 4.69) is 0 Å². The molecule has 7 nitrogen and oxygen atoms in total. The van der Waals surface area contributed by atoms with E-state index in [9.17, 15) is 18.0 Å². The van der Waals surface area contributed by atoms with Crippen molar-refractivity contribution in [2.75, 3.05) is 7.11 Å². The zero-order valence-corrected chi connectivity index (χ0v) is 15.2. The van der Waals surface area contributed by atoms with Crippen molar-refractivity contribution in [3.63, 3.8) is 0 Å². The Bertz CT molecular complexity index is 1140. The average Bonchev–Trinajstić information content (AvgIpc) is 3.09. The van der Waals surface area contributed by atoms with E-state index in [1.807, 2.05) is 18.2 Å². The van der Waals surface area contributed by atoms with E-state index in [4.69, 9.17) is 4.74 Å². The van der Waals surface area contributed by atoms with Crippen LogP contribution < -0.4 is 10.4 Å². The van der Waals surface area contributed by atoms with Crippen LogP contribution in [0.5, 0.6) is 5.75 Å². The number of hydrogen-bond donors (Lipinski definition) is 0. The van der Waals surface area contributed by atoms with Crippen molar-refractivity contribution in [1.29, 1.82) is 0 Å². The van der Waals surface area contributed by atoms with Crippen LogP contribution in [0.15, 0.2) is 82.8 Å². The highest BCUT2D eigenvalue weighted by molar-refractivity contribution is 7.90. The number of ether oxygens (including phenoxy) is 1. The standard InChI is InChI=1S/C19H16N2O5S/c1-26-16-8-10-17(11-9-16)27(24,25)21-14-13-20(19(21)23)18(22)12-7-15-5-3-2-4-6-15/h2-14H,1H3/b12-7+. The summed E-state index contributed by atoms with van der Waals surface area (Å²) in [5, 5.41) is 0. The molecule has 0 amide bonds. The van der Waals surface area contributed by atoms with Gasteiger partial charge in [-0.05, 0) is 35.9 Å². The molecule has 27 heavy (non-hydrogen) atoms. The lowest BCUT2D eigenvalue weighted by molar-refractivity contribution is 0.0966. The van der Waals surface area contributed by atoms with Crippen LogP contribution in [-0.4, -0.2) is 30.0 Å². The van der Waals surface area contributed by atoms with E-state index in [0.29, 0.717) is 9.72 Å². The van der Waals surface area contributed by atoms with Gasteiger partial charge >= 0.3 is 5.69 Å². The van der Waals surface area contributed by atoms with Gasteiger partial charge in [0.25, 0.3) is 15.9 Å². The Balaban J connectivity index is 1.91. The molecule has 0 unspecified atom stereocenters. The number of imidazole rings is 1. The minimum atomic E-state index is -4.12. The molecule has 1 aromatic heterocycles. The van der Waals surface area contributed by atoms with E-state index < -0.39 is 21.6 Å². The second kappa shape index (κ2) is 7.46. The average molecular weight is 384 g/mol. The van der Waals surface area contributed by atoms with Crippen LogP contribution in [0.3, 0.4) is 0 Å². The van der Waals surface area contributed by atoms with Crippen LogP contribution in [0.2, 0.25) is 0 Å². The molecule has 0 spiro atoms. The van der Waals surface area contributed by atoms with Crippen LogP contribution in [0.25, 0.3) is 6.08 Å². The summed E-state index contributed by atoms with van der Waals surface area (Å²) in [6.45, 7) is 0. The highest BCUT2D eigenvalue weighted by Gasteiger charge is 2.21. The molecule has 0 bridgehead atoms. The zero-order chi connectivity index (χ0) is 19.4. The van der Waals surface area contributed by atoms with Gasteiger partial charge in [0.1, 0.15) is 5.75 Å². The second-order valence-electron chi connectivity index (χ2n) is 5.51. The Morgan fingerprint density at radius 1 is 1.00 bits per heavy atom. The summed E-state index contributed by atoms with van der Waals surface area (Å²) < 4.78 is 31.6. The molecule has 3 aromatic rings. The Hall–Kier alpha value is -3.39. The molecule has 0 fully saturated rings. The summed E-state index contributed by atoms with van der Waals surface area (Å²) in [6.07, 6.45) is 4.93. The van der Waals surface area contributed by atoms with Gasteiger partial charge in [-0.25, -0.2) is 17.8 Å². The van der Waals surface area contributed by atoms with Gasteiger partial charge in [0, 0.05) is 18.5 Å². The fourth-order valence-electron chi connectivity index (χ4n) is 2.38. The minimum absolute atomic E-state index is 0.0876. The summed E-state index contributed by atoms with van der Waals surface area (Å²) in [5.74, 6) is -0.160. The van der Waals surface area contributed by atoms with Crippen molar-refractivity contribution in [1.82, 2.24) is 8.54 Å². The van der Waals surface area contributed by atoms with E-state index in [0.717, 1.165) is 22.5 Å². The molecule has 0 aliphatic heterocycles. The first kappa shape index (κ1) is 18.4. The van der Waals surface area contributed by atoms with Crippen molar-refractivity contribution in [2.45, 2.75) is 4.90 Å². The van der Waals surface area contributed by atoms with Crippen molar-refractivity contribution in [3.8, 4) is 5.75 Å². The smallest absolute Gasteiger partial charge is 0.349 e. The summed E-state index contributed by atoms with van der Waals surface area (Å²) in [6, 6.07) is 14.7. The predicted molar refractivity (Wildman–Crippen MR) is 100 cm³/mol. The van der Waals surface area contributed by atoms with Crippen LogP contribution in [0, 0.1) is 0 Å². The van der Waals surface area contributed by atoms with Crippen LogP contribution in [-0.2, 0) is 10.0 Å². The van der Waals surface area contributed by atoms with Crippen LogP contribution in [0.1, 0.15) is 10.4 Å². The van der Waals surface area contributed by atoms with Gasteiger partial charge < -0.3 is 4.74 Å². The lowest BCUT2D eigenvalue weighted by Crippen LogP contribution is -2.31. The topological polar surface area (TPSA) is 87.4 Å². The SMILES string of the molecule is COc1ccc(S(=O)(=O)n2ccn(C(=O)/C=C/c3ccccc3)c2=O)cc1. The quantitative estimate of drug-likeness (QED) is 0.630. The first-order chi connectivity index (χ1) is 12.9. The van der Waals surface area contributed by atoms with Gasteiger partial charge in [0.2, 0.25) is 0 Å². The van der Waals surface area contributed by atoms with Gasteiger partial charge in [-0.1, -0.05) is 30.3 Å². The molecule has 0 aliphatic carbocycles. The van der Waals surface area contributed by atoms with Gasteiger partial charge in [0.15, 0.2) is 0 Å². The Kier molecular flexibility index (Phi) is 5.09. The summed E-state index contributed by atoms with van der Waals surface area (Å²) >= 11 is 0. The van der Waals surface area contributed by atoms with Gasteiger partial charge in [-0.3, -0.25) is 4.79 Å². The number of hydrogen-bond acceptors (Lipinski definition) is 5. The van der Waals surface area contributed by atoms with Gasteiger partial charge in [-0.15, -0.1) is 0 Å². The Morgan fingerprint density at radius 2 is 1.67 bits per heavy atom. The second-order valence-corrected chi connectivity index (χ2v) is 7.32. The number of carbonyl (C=O) groups is 1. The number of benzene rings is 2. The van der Waals surface area contributed by atoms with Crippen LogP contribution >= 0.6 is 0 Å². The molecule has 0 saturated carbocycles. The molecular formula is C19H16N2O5S. The molecule has 0 aliphatic rings. The fraction of sp³-hybridized carbons (Fsp3) is 0.0526. The third-order valence-electron chi connectivity index (χ3n) is 3.82. The molecule has 0 atom stereocenters. The fourth-order valence-corrected chi connectivity index (χ4v) is 3.60. The molecule has 0 radical (unpaired) electrons. The van der Waals surface area contributed by atoms with E-state index in [1.54, 1.807) is 18.2 Å². The lowest BCUT2D eigenvalue weighted by Gasteiger charge is -2.05. The van der Waals surface area contributed by atoms with Crippen molar-refractivity contribution < 1.29 is 17.9 Å². The maximum absolute atomic E-state index is 12.6. The Labute approximate surface area is 155 Å². The lowest BCUT2D eigenvalue weighted by atomic mass is 10.2. The number of nitrogens with zero attached hydrogens (tertiary/aromatic N) is 2. The summed E-state index contributed by atoms with van der Waals surface area (Å²) in [7, 11) is -2.66. The molecule has 0 N–H and O–H groups in total. The maximum atomic E-state index is 12.6. The highest BCUT2D eigenvalue weighted by atomic mass is 32.2. The minimum Gasteiger partial charge on any atom is -0.497 e. The number of rotatable bonds is 5. The summed E-state index contributed by atoms with van der Waals surface area (Å²) in [4.78, 5) is 24.6. The molecule has 2 aromatic carbocycles. The number of allylic oxidation sites excluding steroid dienone is 1. The van der Waals surface area contributed by atoms with E-state index in [1.165, 1.54) is 37.5 Å². The van der Waals surface area contributed by atoms with E-state index in [-0.39, 0.29) is 4.90 Å². The zero-order valence-electron chi connectivity index (χ0n) is 14.3. The van der Waals surface area contributed by atoms with Crippen molar-refractivity contribution in [2.24, 2.45) is 0 Å². The monoisotopic (exact) mass is 384 g/mol. The molecule has 138 valence electrons. The first-order valence-corrected chi connectivity index (χ1v) is 9.34. The molecule has 0 saturated heterocycles. The maximum Gasteiger partial charge on any atom is 0.349 e. The number of methoxy groups -OCH3 is 1. The largest absolute Gasteiger partial charge is 0.497 e. The normalized spacial score (nSPS) is 11.6. The van der Waals surface area contributed by atoms with Gasteiger partial charge in [-0.2, -0.15) is 3.97 Å². The van der Waals surface area contributed by atoms with Crippen LogP contribution in [0.4, 0.5) is 0 Å². The number of aromatic nitrogens is 2.